The highest BCUT2D eigenvalue weighted by Crippen LogP contribution is 2.27. The van der Waals surface area contributed by atoms with Gasteiger partial charge in [-0.15, -0.1) is 0 Å². The molecule has 1 heterocycles. The first-order chi connectivity index (χ1) is 13.3. The quantitative estimate of drug-likeness (QED) is 0.318. The van der Waals surface area contributed by atoms with E-state index in [1.54, 1.807) is 18.2 Å². The summed E-state index contributed by atoms with van der Waals surface area (Å²) in [4.78, 5) is 24.0. The van der Waals surface area contributed by atoms with Crippen LogP contribution in [0.2, 0.25) is 5.02 Å². The lowest BCUT2D eigenvalue weighted by Crippen LogP contribution is -2.06. The second kappa shape index (κ2) is 8.44. The Hall–Kier alpha value is -2.85. The lowest BCUT2D eigenvalue weighted by Gasteiger charge is -2.13. The van der Waals surface area contributed by atoms with E-state index in [1.807, 2.05) is 31.2 Å². The monoisotopic (exact) mass is 396 g/mol. The van der Waals surface area contributed by atoms with Gasteiger partial charge in [-0.3, -0.25) is 0 Å². The first-order valence-corrected chi connectivity index (χ1v) is 9.39. The molecule has 0 fully saturated rings. The van der Waals surface area contributed by atoms with Gasteiger partial charge >= 0.3 is 11.6 Å². The van der Waals surface area contributed by atoms with Gasteiger partial charge in [-0.1, -0.05) is 43.6 Å². The molecule has 0 unspecified atom stereocenters. The van der Waals surface area contributed by atoms with Crippen molar-refractivity contribution in [3.63, 3.8) is 0 Å². The van der Waals surface area contributed by atoms with Crippen LogP contribution in [0, 0.1) is 6.92 Å². The van der Waals surface area contributed by atoms with Gasteiger partial charge in [0.05, 0.1) is 0 Å². The van der Waals surface area contributed by atoms with Crippen molar-refractivity contribution in [2.75, 3.05) is 0 Å². The van der Waals surface area contributed by atoms with Crippen LogP contribution in [-0.4, -0.2) is 5.97 Å². The van der Waals surface area contributed by atoms with Gasteiger partial charge in [0.15, 0.2) is 0 Å². The third-order valence-electron chi connectivity index (χ3n) is 4.51. The number of aryl methyl sites for hydroxylation is 1. The summed E-state index contributed by atoms with van der Waals surface area (Å²) in [6, 6.07) is 12.4. The maximum atomic E-state index is 12.1. The Balaban J connectivity index is 1.83. The highest BCUT2D eigenvalue weighted by atomic mass is 35.5. The predicted molar refractivity (Wildman–Crippen MR) is 112 cm³/mol. The highest BCUT2D eigenvalue weighted by molar-refractivity contribution is 6.32. The Labute approximate surface area is 168 Å². The van der Waals surface area contributed by atoms with E-state index >= 15 is 0 Å². The summed E-state index contributed by atoms with van der Waals surface area (Å²) in [5.41, 5.74) is 3.58. The fourth-order valence-electron chi connectivity index (χ4n) is 3.10. The van der Waals surface area contributed by atoms with E-state index in [0.29, 0.717) is 22.1 Å². The second-order valence-electron chi connectivity index (χ2n) is 6.91. The van der Waals surface area contributed by atoms with Crippen LogP contribution < -0.4 is 5.63 Å². The largest absolute Gasteiger partial charge is 0.458 e. The molecule has 3 rings (SSSR count). The molecular weight excluding hydrogens is 376 g/mol. The van der Waals surface area contributed by atoms with Crippen molar-refractivity contribution in [1.29, 1.82) is 0 Å². The molecule has 0 aliphatic rings. The summed E-state index contributed by atoms with van der Waals surface area (Å²) < 4.78 is 10.7. The zero-order valence-corrected chi connectivity index (χ0v) is 16.7. The molecule has 2 aromatic carbocycles. The van der Waals surface area contributed by atoms with Crippen LogP contribution in [0.3, 0.4) is 0 Å². The molecule has 4 nitrogen and oxygen atoms in total. The van der Waals surface area contributed by atoms with Crippen LogP contribution in [0.4, 0.5) is 0 Å². The van der Waals surface area contributed by atoms with Gasteiger partial charge < -0.3 is 9.15 Å². The summed E-state index contributed by atoms with van der Waals surface area (Å²) in [6.45, 7) is 6.17. The summed E-state index contributed by atoms with van der Waals surface area (Å²) in [7, 11) is 0. The minimum Gasteiger partial charge on any atom is -0.458 e. The van der Waals surface area contributed by atoms with Gasteiger partial charge in [-0.25, -0.2) is 9.59 Å². The van der Waals surface area contributed by atoms with Crippen molar-refractivity contribution >= 4 is 34.6 Å². The molecule has 0 saturated heterocycles. The minimum absolute atomic E-state index is 0.0195. The number of halogens is 1. The Morgan fingerprint density at radius 3 is 2.68 bits per heavy atom. The first kappa shape index (κ1) is 19.9. The molecule has 0 aliphatic carbocycles. The van der Waals surface area contributed by atoms with E-state index in [4.69, 9.17) is 20.8 Å². The number of ether oxygens (including phenoxy) is 1. The van der Waals surface area contributed by atoms with Gasteiger partial charge in [0, 0.05) is 28.1 Å². The standard InChI is InChI=1S/C23H21ClO4/c1-14(2)18-12-19-17(11-23(26)28-21(19)10-15(18)3)13-27-22(25)9-8-16-6-4-5-7-20(16)24/h4-12,14H,13H2,1-3H3. The molecule has 0 N–H and O–H groups in total. The van der Waals surface area contributed by atoms with Crippen LogP contribution in [-0.2, 0) is 16.1 Å². The van der Waals surface area contributed by atoms with Gasteiger partial charge in [-0.05, 0) is 53.8 Å². The summed E-state index contributed by atoms with van der Waals surface area (Å²) in [6.07, 6.45) is 2.92. The SMILES string of the molecule is Cc1cc2oc(=O)cc(COC(=O)C=Cc3ccccc3Cl)c2cc1C(C)C. The van der Waals surface area contributed by atoms with Crippen molar-refractivity contribution < 1.29 is 13.9 Å². The van der Waals surface area contributed by atoms with Crippen LogP contribution in [0.15, 0.2) is 57.8 Å². The average molecular weight is 397 g/mol. The second-order valence-corrected chi connectivity index (χ2v) is 7.32. The van der Waals surface area contributed by atoms with Crippen LogP contribution >= 0.6 is 11.6 Å². The zero-order valence-electron chi connectivity index (χ0n) is 16.0. The van der Waals surface area contributed by atoms with Crippen molar-refractivity contribution in [3.05, 3.63) is 86.2 Å². The third kappa shape index (κ3) is 4.52. The van der Waals surface area contributed by atoms with E-state index in [-0.39, 0.29) is 6.61 Å². The summed E-state index contributed by atoms with van der Waals surface area (Å²) in [5, 5.41) is 1.33. The number of hydrogen-bond acceptors (Lipinski definition) is 4. The van der Waals surface area contributed by atoms with E-state index in [0.717, 1.165) is 22.1 Å². The molecule has 0 atom stereocenters. The number of rotatable bonds is 5. The van der Waals surface area contributed by atoms with Crippen molar-refractivity contribution in [2.24, 2.45) is 0 Å². The number of benzene rings is 2. The number of hydrogen-bond donors (Lipinski definition) is 0. The van der Waals surface area contributed by atoms with Gasteiger partial charge in [0.2, 0.25) is 0 Å². The zero-order chi connectivity index (χ0) is 20.3. The van der Waals surface area contributed by atoms with Crippen LogP contribution in [0.1, 0.15) is 42.0 Å². The maximum Gasteiger partial charge on any atom is 0.336 e. The number of esters is 1. The van der Waals surface area contributed by atoms with Gasteiger partial charge in [0.1, 0.15) is 12.2 Å². The molecule has 0 amide bonds. The maximum absolute atomic E-state index is 12.1. The van der Waals surface area contributed by atoms with E-state index in [1.165, 1.54) is 12.1 Å². The van der Waals surface area contributed by atoms with E-state index in [9.17, 15) is 9.59 Å². The Kier molecular flexibility index (Phi) is 6.00. The Morgan fingerprint density at radius 2 is 1.96 bits per heavy atom. The molecule has 144 valence electrons. The molecule has 5 heteroatoms. The fourth-order valence-corrected chi connectivity index (χ4v) is 3.30. The summed E-state index contributed by atoms with van der Waals surface area (Å²) in [5.74, 6) is -0.192. The number of carbonyl (C=O) groups is 1. The lowest BCUT2D eigenvalue weighted by molar-refractivity contribution is -0.138. The molecule has 1 aromatic heterocycles. The molecule has 0 spiro atoms. The molecule has 0 bridgehead atoms. The topological polar surface area (TPSA) is 56.5 Å². The number of fused-ring (bicyclic) bond motifs is 1. The predicted octanol–water partition coefficient (Wildman–Crippen LogP) is 5.63. The molecule has 28 heavy (non-hydrogen) atoms. The van der Waals surface area contributed by atoms with Crippen LogP contribution in [0.5, 0.6) is 0 Å². The van der Waals surface area contributed by atoms with Crippen molar-refractivity contribution in [3.8, 4) is 0 Å². The molecule has 0 aliphatic heterocycles. The average Bonchev–Trinajstić information content (AvgIpc) is 2.64. The lowest BCUT2D eigenvalue weighted by atomic mass is 9.95. The minimum atomic E-state index is -0.516. The molecule has 0 saturated carbocycles. The van der Waals surface area contributed by atoms with Crippen molar-refractivity contribution in [1.82, 2.24) is 0 Å². The smallest absolute Gasteiger partial charge is 0.336 e. The van der Waals surface area contributed by atoms with Crippen LogP contribution in [0.25, 0.3) is 17.0 Å². The van der Waals surface area contributed by atoms with E-state index < -0.39 is 11.6 Å². The Bertz CT molecular complexity index is 1110. The molecule has 0 radical (unpaired) electrons. The third-order valence-corrected chi connectivity index (χ3v) is 4.86. The molecular formula is C23H21ClO4. The highest BCUT2D eigenvalue weighted by Gasteiger charge is 2.12. The fraction of sp³-hybridized carbons (Fsp3) is 0.217. The normalized spacial score (nSPS) is 11.5. The Morgan fingerprint density at radius 1 is 1.21 bits per heavy atom. The number of carbonyl (C=O) groups excluding carboxylic acids is 1. The van der Waals surface area contributed by atoms with E-state index in [2.05, 4.69) is 13.8 Å². The first-order valence-electron chi connectivity index (χ1n) is 9.02. The van der Waals surface area contributed by atoms with Gasteiger partial charge in [0.25, 0.3) is 0 Å². The summed E-state index contributed by atoms with van der Waals surface area (Å²) >= 11 is 6.07. The van der Waals surface area contributed by atoms with Gasteiger partial charge in [-0.2, -0.15) is 0 Å². The van der Waals surface area contributed by atoms with Crippen molar-refractivity contribution in [2.45, 2.75) is 33.3 Å². The molecule has 3 aromatic rings.